The zero-order valence-corrected chi connectivity index (χ0v) is 12.4. The average molecular weight is 313 g/mol. The summed E-state index contributed by atoms with van der Waals surface area (Å²) < 4.78 is 6.26. The second-order valence-electron chi connectivity index (χ2n) is 4.72. The lowest BCUT2D eigenvalue weighted by molar-refractivity contribution is 0.392. The highest BCUT2D eigenvalue weighted by Crippen LogP contribution is 2.25. The van der Waals surface area contributed by atoms with E-state index in [1.165, 1.54) is 24.9 Å². The summed E-state index contributed by atoms with van der Waals surface area (Å²) >= 11 is 3.52. The zero-order chi connectivity index (χ0) is 12.8. The molecule has 3 nitrogen and oxygen atoms in total. The molecule has 0 bridgehead atoms. The SMILES string of the molecule is COc1ccc(CCNC2CCCNC2)cc1Br. The summed E-state index contributed by atoms with van der Waals surface area (Å²) in [7, 11) is 1.69. The molecule has 1 unspecified atom stereocenters. The maximum absolute atomic E-state index is 5.23. The maximum Gasteiger partial charge on any atom is 0.133 e. The lowest BCUT2D eigenvalue weighted by atomic mass is 10.1. The van der Waals surface area contributed by atoms with Crippen LogP contribution in [0.15, 0.2) is 22.7 Å². The van der Waals surface area contributed by atoms with Crippen molar-refractivity contribution in [2.75, 3.05) is 26.7 Å². The minimum Gasteiger partial charge on any atom is -0.496 e. The molecule has 0 spiro atoms. The largest absolute Gasteiger partial charge is 0.496 e. The number of methoxy groups -OCH3 is 1. The Labute approximate surface area is 117 Å². The van der Waals surface area contributed by atoms with Crippen molar-refractivity contribution in [3.05, 3.63) is 28.2 Å². The number of piperidine rings is 1. The summed E-state index contributed by atoms with van der Waals surface area (Å²) in [6, 6.07) is 6.92. The van der Waals surface area contributed by atoms with Gasteiger partial charge in [-0.25, -0.2) is 0 Å². The summed E-state index contributed by atoms with van der Waals surface area (Å²) in [6.07, 6.45) is 3.63. The van der Waals surface area contributed by atoms with E-state index in [4.69, 9.17) is 4.74 Å². The molecule has 2 N–H and O–H groups in total. The van der Waals surface area contributed by atoms with Gasteiger partial charge in [-0.1, -0.05) is 6.07 Å². The Morgan fingerprint density at radius 1 is 1.50 bits per heavy atom. The molecule has 1 atom stereocenters. The van der Waals surface area contributed by atoms with Crippen LogP contribution in [0.5, 0.6) is 5.75 Å². The van der Waals surface area contributed by atoms with Gasteiger partial charge in [-0.05, 0) is 66.0 Å². The fourth-order valence-electron chi connectivity index (χ4n) is 2.31. The standard InChI is InChI=1S/C14H21BrN2O/c1-18-14-5-4-11(9-13(14)15)6-8-17-12-3-2-7-16-10-12/h4-5,9,12,16-17H,2-3,6-8,10H2,1H3. The van der Waals surface area contributed by atoms with E-state index in [0.29, 0.717) is 6.04 Å². The van der Waals surface area contributed by atoms with Crippen LogP contribution in [0, 0.1) is 0 Å². The molecule has 2 rings (SSSR count). The fourth-order valence-corrected chi connectivity index (χ4v) is 2.90. The molecule has 0 amide bonds. The number of hydrogen-bond donors (Lipinski definition) is 2. The van der Waals surface area contributed by atoms with Gasteiger partial charge in [0.1, 0.15) is 5.75 Å². The van der Waals surface area contributed by atoms with Crippen molar-refractivity contribution >= 4 is 15.9 Å². The molecule has 4 heteroatoms. The van der Waals surface area contributed by atoms with E-state index in [1.807, 2.05) is 6.07 Å². The minimum atomic E-state index is 0.639. The third-order valence-electron chi connectivity index (χ3n) is 3.36. The lowest BCUT2D eigenvalue weighted by Crippen LogP contribution is -2.43. The van der Waals surface area contributed by atoms with Gasteiger partial charge in [0.15, 0.2) is 0 Å². The van der Waals surface area contributed by atoms with Crippen molar-refractivity contribution in [1.82, 2.24) is 10.6 Å². The van der Waals surface area contributed by atoms with Crippen LogP contribution in [0.25, 0.3) is 0 Å². The molecule has 0 radical (unpaired) electrons. The van der Waals surface area contributed by atoms with Gasteiger partial charge in [0.25, 0.3) is 0 Å². The van der Waals surface area contributed by atoms with E-state index in [2.05, 4.69) is 38.7 Å². The molecule has 1 heterocycles. The number of halogens is 1. The third-order valence-corrected chi connectivity index (χ3v) is 3.98. The number of rotatable bonds is 5. The van der Waals surface area contributed by atoms with Crippen molar-refractivity contribution < 1.29 is 4.74 Å². The second-order valence-corrected chi connectivity index (χ2v) is 5.57. The van der Waals surface area contributed by atoms with Gasteiger partial charge in [-0.2, -0.15) is 0 Å². The van der Waals surface area contributed by atoms with E-state index in [9.17, 15) is 0 Å². The first-order valence-corrected chi connectivity index (χ1v) is 7.35. The summed E-state index contributed by atoms with van der Waals surface area (Å²) in [5, 5.41) is 7.03. The van der Waals surface area contributed by atoms with Crippen LogP contribution in [0.3, 0.4) is 0 Å². The van der Waals surface area contributed by atoms with E-state index in [0.717, 1.165) is 29.7 Å². The predicted molar refractivity (Wildman–Crippen MR) is 78.3 cm³/mol. The molecule has 0 saturated carbocycles. The molecule has 18 heavy (non-hydrogen) atoms. The fraction of sp³-hybridized carbons (Fsp3) is 0.571. The number of nitrogens with one attached hydrogen (secondary N) is 2. The monoisotopic (exact) mass is 312 g/mol. The quantitative estimate of drug-likeness (QED) is 0.875. The van der Waals surface area contributed by atoms with Crippen molar-refractivity contribution in [3.63, 3.8) is 0 Å². The summed E-state index contributed by atoms with van der Waals surface area (Å²) in [5.41, 5.74) is 1.33. The highest BCUT2D eigenvalue weighted by Gasteiger charge is 2.11. The van der Waals surface area contributed by atoms with Gasteiger partial charge in [-0.15, -0.1) is 0 Å². The Kier molecular flexibility index (Phi) is 5.47. The van der Waals surface area contributed by atoms with Crippen LogP contribution in [0.2, 0.25) is 0 Å². The van der Waals surface area contributed by atoms with Crippen molar-refractivity contribution in [1.29, 1.82) is 0 Å². The Bertz CT molecular complexity index is 378. The van der Waals surface area contributed by atoms with Gasteiger partial charge < -0.3 is 15.4 Å². The second kappa shape index (κ2) is 7.12. The Morgan fingerprint density at radius 3 is 3.06 bits per heavy atom. The molecule has 1 aliphatic heterocycles. The van der Waals surface area contributed by atoms with Gasteiger partial charge in [0, 0.05) is 12.6 Å². The normalized spacial score (nSPS) is 19.8. The van der Waals surface area contributed by atoms with Crippen molar-refractivity contribution in [2.45, 2.75) is 25.3 Å². The Morgan fingerprint density at radius 2 is 2.39 bits per heavy atom. The summed E-state index contributed by atoms with van der Waals surface area (Å²) in [5.74, 6) is 0.892. The van der Waals surface area contributed by atoms with Gasteiger partial charge in [-0.3, -0.25) is 0 Å². The maximum atomic E-state index is 5.23. The van der Waals surface area contributed by atoms with Crippen LogP contribution >= 0.6 is 15.9 Å². The molecule has 1 saturated heterocycles. The summed E-state index contributed by atoms with van der Waals surface area (Å²) in [4.78, 5) is 0. The van der Waals surface area contributed by atoms with Crippen molar-refractivity contribution in [3.8, 4) is 5.75 Å². The smallest absolute Gasteiger partial charge is 0.133 e. The van der Waals surface area contributed by atoms with E-state index in [-0.39, 0.29) is 0 Å². The first kappa shape index (κ1) is 13.8. The minimum absolute atomic E-state index is 0.639. The van der Waals surface area contributed by atoms with Gasteiger partial charge >= 0.3 is 0 Å². The van der Waals surface area contributed by atoms with Gasteiger partial charge in [0.2, 0.25) is 0 Å². The molecular weight excluding hydrogens is 292 g/mol. The number of hydrogen-bond acceptors (Lipinski definition) is 3. The van der Waals surface area contributed by atoms with Gasteiger partial charge in [0.05, 0.1) is 11.6 Å². The molecule has 1 aromatic carbocycles. The molecule has 0 aliphatic carbocycles. The Hall–Kier alpha value is -0.580. The topological polar surface area (TPSA) is 33.3 Å². The molecule has 100 valence electrons. The first-order chi connectivity index (χ1) is 8.79. The number of benzene rings is 1. The van der Waals surface area contributed by atoms with Crippen LogP contribution in [-0.4, -0.2) is 32.8 Å². The highest BCUT2D eigenvalue weighted by atomic mass is 79.9. The molecule has 0 aromatic heterocycles. The van der Waals surface area contributed by atoms with Crippen LogP contribution in [-0.2, 0) is 6.42 Å². The van der Waals surface area contributed by atoms with E-state index in [1.54, 1.807) is 7.11 Å². The lowest BCUT2D eigenvalue weighted by Gasteiger charge is -2.23. The molecule has 1 aromatic rings. The zero-order valence-electron chi connectivity index (χ0n) is 10.8. The van der Waals surface area contributed by atoms with E-state index >= 15 is 0 Å². The highest BCUT2D eigenvalue weighted by molar-refractivity contribution is 9.10. The molecular formula is C14H21BrN2O. The first-order valence-electron chi connectivity index (χ1n) is 6.56. The van der Waals surface area contributed by atoms with Crippen LogP contribution in [0.4, 0.5) is 0 Å². The van der Waals surface area contributed by atoms with Crippen molar-refractivity contribution in [2.24, 2.45) is 0 Å². The van der Waals surface area contributed by atoms with E-state index < -0.39 is 0 Å². The predicted octanol–water partition coefficient (Wildman–Crippen LogP) is 2.34. The van der Waals surface area contributed by atoms with Crippen LogP contribution < -0.4 is 15.4 Å². The van der Waals surface area contributed by atoms with Crippen LogP contribution in [0.1, 0.15) is 18.4 Å². The Balaban J connectivity index is 1.77. The summed E-state index contributed by atoms with van der Waals surface area (Å²) in [6.45, 7) is 3.31. The molecule has 1 fully saturated rings. The number of ether oxygens (including phenoxy) is 1. The average Bonchev–Trinajstić information content (AvgIpc) is 2.40. The third kappa shape index (κ3) is 3.97. The molecule has 1 aliphatic rings.